The molecule has 7 nitrogen and oxygen atoms in total. The molecule has 3 aromatic rings. The van der Waals surface area contributed by atoms with Crippen LogP contribution in [0.15, 0.2) is 30.3 Å². The Balaban J connectivity index is 1.45. The first-order valence-corrected chi connectivity index (χ1v) is 9.24. The fourth-order valence-corrected chi connectivity index (χ4v) is 3.64. The molecular weight excluding hydrogens is 366 g/mol. The lowest BCUT2D eigenvalue weighted by Gasteiger charge is -2.05. The molecule has 140 valence electrons. The van der Waals surface area contributed by atoms with Crippen LogP contribution in [0.4, 0.5) is 0 Å². The second kappa shape index (κ2) is 8.13. The number of rotatable bonds is 7. The van der Waals surface area contributed by atoms with Gasteiger partial charge in [-0.2, -0.15) is 5.10 Å². The van der Waals surface area contributed by atoms with Gasteiger partial charge in [-0.25, -0.2) is 0 Å². The molecule has 0 atom stereocenters. The number of nitrogens with zero attached hydrogens (tertiary/aromatic N) is 1. The van der Waals surface area contributed by atoms with Crippen molar-refractivity contribution in [3.05, 3.63) is 51.3 Å². The number of nitrogens with one attached hydrogen (secondary N) is 2. The van der Waals surface area contributed by atoms with Gasteiger partial charge < -0.3 is 10.1 Å². The average molecular weight is 385 g/mol. The van der Waals surface area contributed by atoms with Crippen molar-refractivity contribution in [2.45, 2.75) is 20.3 Å². The number of aromatic amines is 1. The van der Waals surface area contributed by atoms with E-state index in [4.69, 9.17) is 4.74 Å². The van der Waals surface area contributed by atoms with Gasteiger partial charge >= 0.3 is 5.97 Å². The van der Waals surface area contributed by atoms with Crippen LogP contribution in [0.5, 0.6) is 0 Å². The Bertz CT molecular complexity index is 1010. The van der Waals surface area contributed by atoms with Crippen LogP contribution in [0.1, 0.15) is 37.0 Å². The van der Waals surface area contributed by atoms with Crippen molar-refractivity contribution in [1.82, 2.24) is 15.5 Å². The summed E-state index contributed by atoms with van der Waals surface area (Å²) < 4.78 is 5.01. The first-order valence-electron chi connectivity index (χ1n) is 8.43. The van der Waals surface area contributed by atoms with Crippen LogP contribution in [-0.4, -0.2) is 41.0 Å². The normalized spacial score (nSPS) is 10.7. The predicted molar refractivity (Wildman–Crippen MR) is 102 cm³/mol. The van der Waals surface area contributed by atoms with E-state index in [1.54, 1.807) is 12.1 Å². The quantitative estimate of drug-likeness (QED) is 0.481. The summed E-state index contributed by atoms with van der Waals surface area (Å²) in [5.74, 6) is -1.14. The highest BCUT2D eigenvalue weighted by atomic mass is 32.1. The van der Waals surface area contributed by atoms with Gasteiger partial charge in [0.05, 0.1) is 11.9 Å². The van der Waals surface area contributed by atoms with E-state index < -0.39 is 5.97 Å². The third-order valence-electron chi connectivity index (χ3n) is 4.01. The van der Waals surface area contributed by atoms with Crippen LogP contribution in [0, 0.1) is 13.8 Å². The number of ether oxygens (including phenoxy) is 1. The summed E-state index contributed by atoms with van der Waals surface area (Å²) in [4.78, 5) is 38.0. The van der Waals surface area contributed by atoms with E-state index in [2.05, 4.69) is 15.5 Å². The van der Waals surface area contributed by atoms with E-state index in [-0.39, 0.29) is 37.0 Å². The summed E-state index contributed by atoms with van der Waals surface area (Å²) in [6, 6.07) is 9.08. The van der Waals surface area contributed by atoms with Gasteiger partial charge in [-0.3, -0.25) is 19.5 Å². The van der Waals surface area contributed by atoms with Crippen LogP contribution in [-0.2, 0) is 9.53 Å². The smallest absolute Gasteiger partial charge is 0.308 e. The number of para-hydroxylation sites is 1. The zero-order chi connectivity index (χ0) is 19.4. The Kier molecular flexibility index (Phi) is 5.66. The molecule has 0 fully saturated rings. The topological polar surface area (TPSA) is 101 Å². The maximum atomic E-state index is 12.2. The zero-order valence-electron chi connectivity index (χ0n) is 15.0. The Hall–Kier alpha value is -3.00. The number of carbonyl (C=O) groups excluding carboxylic acids is 3. The number of Topliss-reactive ketones (excluding diaryl/α,β-unsaturated/α-hetero) is 1. The molecule has 0 unspecified atom stereocenters. The number of amides is 1. The van der Waals surface area contributed by atoms with Crippen molar-refractivity contribution in [3.8, 4) is 0 Å². The lowest BCUT2D eigenvalue weighted by atomic mass is 10.2. The fourth-order valence-electron chi connectivity index (χ4n) is 2.70. The summed E-state index contributed by atoms with van der Waals surface area (Å²) in [7, 11) is 0. The highest BCUT2D eigenvalue weighted by molar-refractivity contribution is 7.12. The van der Waals surface area contributed by atoms with Crippen LogP contribution in [0.3, 0.4) is 0 Å². The second-order valence-corrected chi connectivity index (χ2v) is 7.49. The molecule has 2 N–H and O–H groups in total. The first kappa shape index (κ1) is 18.8. The molecular formula is C19H19N3O4S. The molecule has 0 spiro atoms. The van der Waals surface area contributed by atoms with Gasteiger partial charge in [0, 0.05) is 27.2 Å². The van der Waals surface area contributed by atoms with Gasteiger partial charge in [0.2, 0.25) is 5.78 Å². The number of carbonyl (C=O) groups is 3. The molecule has 8 heteroatoms. The molecule has 1 amide bonds. The van der Waals surface area contributed by atoms with E-state index in [1.807, 2.05) is 32.0 Å². The largest absolute Gasteiger partial charge is 0.457 e. The third-order valence-corrected chi connectivity index (χ3v) is 4.97. The minimum Gasteiger partial charge on any atom is -0.457 e. The second-order valence-electron chi connectivity index (χ2n) is 6.03. The lowest BCUT2D eigenvalue weighted by molar-refractivity contribution is -0.142. The minimum atomic E-state index is -0.542. The zero-order valence-corrected chi connectivity index (χ0v) is 15.8. The number of fused-ring (bicyclic) bond motifs is 1. The van der Waals surface area contributed by atoms with E-state index in [1.165, 1.54) is 11.3 Å². The van der Waals surface area contributed by atoms with Gasteiger partial charge in [0.1, 0.15) is 0 Å². The predicted octanol–water partition coefficient (Wildman–Crippen LogP) is 2.79. The molecule has 0 aliphatic carbocycles. The number of aromatic nitrogens is 2. The minimum absolute atomic E-state index is 0.0248. The van der Waals surface area contributed by atoms with Crippen molar-refractivity contribution in [2.24, 2.45) is 0 Å². The molecule has 2 aromatic heterocycles. The van der Waals surface area contributed by atoms with Crippen molar-refractivity contribution in [2.75, 3.05) is 13.2 Å². The van der Waals surface area contributed by atoms with Crippen LogP contribution in [0.25, 0.3) is 10.9 Å². The number of esters is 1. The Morgan fingerprint density at radius 1 is 1.22 bits per heavy atom. The van der Waals surface area contributed by atoms with E-state index in [9.17, 15) is 14.4 Å². The number of H-pyrrole nitrogens is 1. The first-order chi connectivity index (χ1) is 13.0. The van der Waals surface area contributed by atoms with Gasteiger partial charge in [0.25, 0.3) is 5.91 Å². The van der Waals surface area contributed by atoms with E-state index in [0.29, 0.717) is 10.9 Å². The number of hydrogen-bond acceptors (Lipinski definition) is 6. The van der Waals surface area contributed by atoms with Crippen molar-refractivity contribution in [1.29, 1.82) is 0 Å². The Morgan fingerprint density at radius 3 is 2.74 bits per heavy atom. The number of thiophene rings is 1. The van der Waals surface area contributed by atoms with Crippen LogP contribution in [0.2, 0.25) is 0 Å². The van der Waals surface area contributed by atoms with E-state index in [0.717, 1.165) is 15.3 Å². The Labute approximate surface area is 159 Å². The van der Waals surface area contributed by atoms with Crippen molar-refractivity contribution in [3.63, 3.8) is 0 Å². The van der Waals surface area contributed by atoms with E-state index >= 15 is 0 Å². The number of benzene rings is 1. The van der Waals surface area contributed by atoms with Crippen LogP contribution < -0.4 is 5.32 Å². The standard InChI is InChI=1S/C19H19N3O4S/c1-11-9-14(12(2)27-11)16(23)10-26-17(24)7-8-20-19(25)18-13-5-3-4-6-15(13)21-22-18/h3-6,9H,7-8,10H2,1-2H3,(H,20,25)(H,21,22). The van der Waals surface area contributed by atoms with Crippen molar-refractivity contribution < 1.29 is 19.1 Å². The fraction of sp³-hybridized carbons (Fsp3) is 0.263. The molecule has 0 saturated carbocycles. The summed E-state index contributed by atoms with van der Waals surface area (Å²) in [6.45, 7) is 3.59. The lowest BCUT2D eigenvalue weighted by Crippen LogP contribution is -2.27. The molecule has 0 radical (unpaired) electrons. The van der Waals surface area contributed by atoms with Crippen LogP contribution >= 0.6 is 11.3 Å². The van der Waals surface area contributed by atoms with Crippen molar-refractivity contribution >= 4 is 39.9 Å². The monoisotopic (exact) mass is 385 g/mol. The summed E-state index contributed by atoms with van der Waals surface area (Å²) in [5.41, 5.74) is 1.63. The average Bonchev–Trinajstić information content (AvgIpc) is 3.22. The third kappa shape index (κ3) is 4.40. The molecule has 0 aliphatic heterocycles. The highest BCUT2D eigenvalue weighted by Gasteiger charge is 2.16. The Morgan fingerprint density at radius 2 is 2.00 bits per heavy atom. The van der Waals surface area contributed by atoms with Gasteiger partial charge in [-0.05, 0) is 26.0 Å². The maximum absolute atomic E-state index is 12.2. The molecule has 2 heterocycles. The van der Waals surface area contributed by atoms with Gasteiger partial charge in [0.15, 0.2) is 12.3 Å². The molecule has 0 aliphatic rings. The molecule has 3 rings (SSSR count). The van der Waals surface area contributed by atoms with Gasteiger partial charge in [-0.15, -0.1) is 11.3 Å². The SMILES string of the molecule is Cc1cc(C(=O)COC(=O)CCNC(=O)c2n[nH]c3ccccc23)c(C)s1. The summed E-state index contributed by atoms with van der Waals surface area (Å²) in [6.07, 6.45) is -0.0248. The summed E-state index contributed by atoms with van der Waals surface area (Å²) >= 11 is 1.53. The molecule has 27 heavy (non-hydrogen) atoms. The highest BCUT2D eigenvalue weighted by Crippen LogP contribution is 2.21. The molecule has 0 bridgehead atoms. The number of hydrogen-bond donors (Lipinski definition) is 2. The molecule has 0 saturated heterocycles. The number of aryl methyl sites for hydroxylation is 2. The summed E-state index contributed by atoms with van der Waals surface area (Å²) in [5, 5.41) is 10.1. The maximum Gasteiger partial charge on any atom is 0.308 e. The van der Waals surface area contributed by atoms with Gasteiger partial charge in [-0.1, -0.05) is 18.2 Å². The number of ketones is 1. The molecule has 1 aromatic carbocycles.